The summed E-state index contributed by atoms with van der Waals surface area (Å²) in [6, 6.07) is 9.36. The predicted octanol–water partition coefficient (Wildman–Crippen LogP) is 2.60. The number of aliphatic imine (C=N–C) groups is 1. The number of ether oxygens (including phenoxy) is 1. The number of nitrogens with two attached hydrogens (primary N) is 1. The van der Waals surface area contributed by atoms with Gasteiger partial charge in [0.05, 0.1) is 19.8 Å². The molecule has 0 radical (unpaired) electrons. The molecule has 0 unspecified atom stereocenters. The quantitative estimate of drug-likeness (QED) is 0.659. The molecule has 2 N–H and O–H groups in total. The second-order valence-electron chi connectivity index (χ2n) is 7.25. The Bertz CT molecular complexity index is 563. The monoisotopic (exact) mass is 344 g/mol. The lowest BCUT2D eigenvalue weighted by Gasteiger charge is -2.31. The number of guanidine groups is 1. The number of nitrogens with zero attached hydrogens (tertiary/aromatic N) is 3. The molecule has 1 saturated carbocycles. The Kier molecular flexibility index (Phi) is 6.70. The maximum absolute atomic E-state index is 6.17. The van der Waals surface area contributed by atoms with E-state index >= 15 is 0 Å². The lowest BCUT2D eigenvalue weighted by atomic mass is 9.94. The van der Waals surface area contributed by atoms with Gasteiger partial charge in [0.15, 0.2) is 5.96 Å². The van der Waals surface area contributed by atoms with Crippen LogP contribution in [0, 0.1) is 0 Å². The van der Waals surface area contributed by atoms with E-state index in [1.54, 1.807) is 0 Å². The summed E-state index contributed by atoms with van der Waals surface area (Å²) in [5.41, 5.74) is 8.82. The van der Waals surface area contributed by atoms with Crippen LogP contribution in [0.1, 0.15) is 43.2 Å². The number of hydrogen-bond donors (Lipinski definition) is 1. The van der Waals surface area contributed by atoms with E-state index in [0.29, 0.717) is 12.5 Å². The summed E-state index contributed by atoms with van der Waals surface area (Å²) in [5, 5.41) is 0. The van der Waals surface area contributed by atoms with Crippen LogP contribution in [0.4, 0.5) is 0 Å². The van der Waals surface area contributed by atoms with E-state index in [9.17, 15) is 0 Å². The molecule has 1 aliphatic carbocycles. The molecule has 5 nitrogen and oxygen atoms in total. The van der Waals surface area contributed by atoms with E-state index in [2.05, 4.69) is 46.1 Å². The normalized spacial score (nSPS) is 20.2. The van der Waals surface area contributed by atoms with E-state index in [1.165, 1.54) is 43.2 Å². The Hall–Kier alpha value is -1.59. The molecule has 1 saturated heterocycles. The first-order valence-electron chi connectivity index (χ1n) is 9.63. The Morgan fingerprint density at radius 2 is 1.84 bits per heavy atom. The third-order valence-corrected chi connectivity index (χ3v) is 5.48. The summed E-state index contributed by atoms with van der Waals surface area (Å²) in [6.07, 6.45) is 6.81. The minimum Gasteiger partial charge on any atom is -0.378 e. The smallest absolute Gasteiger partial charge is 0.191 e. The number of benzene rings is 1. The molecule has 1 aromatic carbocycles. The number of morpholine rings is 1. The second-order valence-corrected chi connectivity index (χ2v) is 7.25. The molecule has 0 amide bonds. The average Bonchev–Trinajstić information content (AvgIpc) is 2.68. The maximum Gasteiger partial charge on any atom is 0.191 e. The van der Waals surface area contributed by atoms with Crippen molar-refractivity contribution in [3.05, 3.63) is 35.4 Å². The summed E-state index contributed by atoms with van der Waals surface area (Å²) < 4.78 is 5.38. The maximum atomic E-state index is 6.17. The van der Waals surface area contributed by atoms with Gasteiger partial charge in [-0.3, -0.25) is 4.90 Å². The van der Waals surface area contributed by atoms with Crippen molar-refractivity contribution in [1.29, 1.82) is 0 Å². The van der Waals surface area contributed by atoms with Crippen LogP contribution in [0.2, 0.25) is 0 Å². The van der Waals surface area contributed by atoms with Crippen LogP contribution in [0.25, 0.3) is 0 Å². The zero-order valence-electron chi connectivity index (χ0n) is 15.5. The van der Waals surface area contributed by atoms with Crippen molar-refractivity contribution >= 4 is 5.96 Å². The highest BCUT2D eigenvalue weighted by Gasteiger charge is 2.19. The summed E-state index contributed by atoms with van der Waals surface area (Å²) >= 11 is 0. The lowest BCUT2D eigenvalue weighted by molar-refractivity contribution is 0.0674. The van der Waals surface area contributed by atoms with Gasteiger partial charge in [-0.05, 0) is 31.0 Å². The predicted molar refractivity (Wildman–Crippen MR) is 103 cm³/mol. The van der Waals surface area contributed by atoms with Gasteiger partial charge in [0.2, 0.25) is 0 Å². The first-order valence-corrected chi connectivity index (χ1v) is 9.63. The Balaban J connectivity index is 1.61. The molecular formula is C20H32N4O. The first-order chi connectivity index (χ1) is 12.2. The van der Waals surface area contributed by atoms with Gasteiger partial charge < -0.3 is 15.4 Å². The van der Waals surface area contributed by atoms with Gasteiger partial charge in [-0.2, -0.15) is 0 Å². The van der Waals surface area contributed by atoms with Gasteiger partial charge in [-0.15, -0.1) is 0 Å². The Labute approximate surface area is 151 Å². The fourth-order valence-electron chi connectivity index (χ4n) is 3.84. The number of rotatable bonds is 5. The molecule has 3 rings (SSSR count). The van der Waals surface area contributed by atoms with Crippen molar-refractivity contribution in [2.45, 2.75) is 51.2 Å². The largest absolute Gasteiger partial charge is 0.378 e. The molecule has 25 heavy (non-hydrogen) atoms. The van der Waals surface area contributed by atoms with Gasteiger partial charge in [0.1, 0.15) is 0 Å². The molecule has 2 aliphatic rings. The summed E-state index contributed by atoms with van der Waals surface area (Å²) in [6.45, 7) is 4.78. The molecule has 0 atom stereocenters. The summed E-state index contributed by atoms with van der Waals surface area (Å²) in [7, 11) is 2.26. The minimum absolute atomic E-state index is 0.638. The summed E-state index contributed by atoms with van der Waals surface area (Å²) in [5.74, 6) is 0.638. The SMILES string of the molecule is CN(Cc1ccccc1CN=C(N)N1CCOCC1)C1CCCCC1. The Morgan fingerprint density at radius 1 is 1.16 bits per heavy atom. The van der Waals surface area contributed by atoms with Crippen LogP contribution >= 0.6 is 0 Å². The van der Waals surface area contributed by atoms with Crippen LogP contribution in [-0.2, 0) is 17.8 Å². The molecule has 0 bridgehead atoms. The molecular weight excluding hydrogens is 312 g/mol. The first kappa shape index (κ1) is 18.2. The second kappa shape index (κ2) is 9.20. The van der Waals surface area contributed by atoms with E-state index in [1.807, 2.05) is 0 Å². The average molecular weight is 345 g/mol. The van der Waals surface area contributed by atoms with Crippen LogP contribution in [0.5, 0.6) is 0 Å². The molecule has 138 valence electrons. The van der Waals surface area contributed by atoms with E-state index in [4.69, 9.17) is 10.5 Å². The highest BCUT2D eigenvalue weighted by atomic mass is 16.5. The van der Waals surface area contributed by atoms with Gasteiger partial charge in [0.25, 0.3) is 0 Å². The zero-order chi connectivity index (χ0) is 17.5. The fourth-order valence-corrected chi connectivity index (χ4v) is 3.84. The molecule has 1 aromatic rings. The van der Waals surface area contributed by atoms with E-state index in [-0.39, 0.29) is 0 Å². The van der Waals surface area contributed by atoms with Crippen molar-refractivity contribution in [2.75, 3.05) is 33.4 Å². The van der Waals surface area contributed by atoms with Crippen molar-refractivity contribution in [2.24, 2.45) is 10.7 Å². The highest BCUT2D eigenvalue weighted by molar-refractivity contribution is 5.78. The number of hydrogen-bond acceptors (Lipinski definition) is 3. The molecule has 5 heteroatoms. The molecule has 1 aliphatic heterocycles. The summed E-state index contributed by atoms with van der Waals surface area (Å²) in [4.78, 5) is 9.28. The molecule has 0 aromatic heterocycles. The van der Waals surface area contributed by atoms with Gasteiger partial charge in [-0.1, -0.05) is 43.5 Å². The van der Waals surface area contributed by atoms with Crippen LogP contribution in [0.15, 0.2) is 29.3 Å². The molecule has 0 spiro atoms. The van der Waals surface area contributed by atoms with Gasteiger partial charge >= 0.3 is 0 Å². The van der Waals surface area contributed by atoms with Gasteiger partial charge in [0, 0.05) is 25.7 Å². The third kappa shape index (κ3) is 5.19. The van der Waals surface area contributed by atoms with E-state index < -0.39 is 0 Å². The molecule has 2 fully saturated rings. The standard InChI is InChI=1S/C20H32N4O/c1-23(19-9-3-2-4-10-19)16-18-8-6-5-7-17(18)15-22-20(21)24-11-13-25-14-12-24/h5-8,19H,2-4,9-16H2,1H3,(H2,21,22). The fraction of sp³-hybridized carbons (Fsp3) is 0.650. The highest BCUT2D eigenvalue weighted by Crippen LogP contribution is 2.23. The minimum atomic E-state index is 0.638. The zero-order valence-corrected chi connectivity index (χ0v) is 15.5. The topological polar surface area (TPSA) is 54.1 Å². The van der Waals surface area contributed by atoms with Crippen LogP contribution in [0.3, 0.4) is 0 Å². The van der Waals surface area contributed by atoms with Crippen molar-refractivity contribution in [3.63, 3.8) is 0 Å². The van der Waals surface area contributed by atoms with Gasteiger partial charge in [-0.25, -0.2) is 4.99 Å². The van der Waals surface area contributed by atoms with Crippen LogP contribution < -0.4 is 5.73 Å². The van der Waals surface area contributed by atoms with Crippen LogP contribution in [-0.4, -0.2) is 55.2 Å². The van der Waals surface area contributed by atoms with Crippen molar-refractivity contribution in [1.82, 2.24) is 9.80 Å². The molecule has 1 heterocycles. The third-order valence-electron chi connectivity index (χ3n) is 5.48. The van der Waals surface area contributed by atoms with Crippen molar-refractivity contribution < 1.29 is 4.74 Å². The van der Waals surface area contributed by atoms with Crippen molar-refractivity contribution in [3.8, 4) is 0 Å². The Morgan fingerprint density at radius 3 is 2.56 bits per heavy atom. The lowest BCUT2D eigenvalue weighted by Crippen LogP contribution is -2.44. The van der Waals surface area contributed by atoms with E-state index in [0.717, 1.165) is 38.9 Å².